The maximum Gasteiger partial charge on any atom is 0.268 e. The van der Waals surface area contributed by atoms with Gasteiger partial charge in [-0.25, -0.2) is 0 Å². The normalized spacial score (nSPS) is 24.2. The minimum atomic E-state index is 0.0517. The summed E-state index contributed by atoms with van der Waals surface area (Å²) in [6.07, 6.45) is 6.41. The molecule has 0 aliphatic heterocycles. The number of carbonyl (C=O) groups is 1. The van der Waals surface area contributed by atoms with E-state index in [-0.39, 0.29) is 5.91 Å². The third kappa shape index (κ3) is 2.93. The van der Waals surface area contributed by atoms with Gasteiger partial charge in [0.15, 0.2) is 0 Å². The fourth-order valence-corrected chi connectivity index (χ4v) is 2.69. The van der Waals surface area contributed by atoms with Crippen LogP contribution in [0.15, 0.2) is 18.3 Å². The number of hydrogen-bond acceptors (Lipinski definition) is 2. The van der Waals surface area contributed by atoms with E-state index in [9.17, 15) is 4.79 Å². The number of carbonyl (C=O) groups excluding carboxylic acids is 1. The lowest BCUT2D eigenvalue weighted by Crippen LogP contribution is -2.42. The molecule has 4 heteroatoms. The maximum absolute atomic E-state index is 12.1. The Morgan fingerprint density at radius 3 is 2.50 bits per heavy atom. The van der Waals surface area contributed by atoms with E-state index in [1.807, 2.05) is 29.9 Å². The van der Waals surface area contributed by atoms with Gasteiger partial charge in [0.1, 0.15) is 5.69 Å². The van der Waals surface area contributed by atoms with Gasteiger partial charge in [-0.2, -0.15) is 0 Å². The summed E-state index contributed by atoms with van der Waals surface area (Å²) in [7, 11) is 6.17. The summed E-state index contributed by atoms with van der Waals surface area (Å²) in [6.45, 7) is 0. The number of aryl methyl sites for hydroxylation is 1. The summed E-state index contributed by atoms with van der Waals surface area (Å²) in [4.78, 5) is 14.4. The Kier molecular flexibility index (Phi) is 4.07. The van der Waals surface area contributed by atoms with Gasteiger partial charge in [0.05, 0.1) is 0 Å². The van der Waals surface area contributed by atoms with E-state index < -0.39 is 0 Å². The van der Waals surface area contributed by atoms with Crippen LogP contribution in [0.4, 0.5) is 0 Å². The molecule has 1 aliphatic carbocycles. The summed E-state index contributed by atoms with van der Waals surface area (Å²) in [5, 5.41) is 3.14. The van der Waals surface area contributed by atoms with Crippen molar-refractivity contribution in [2.45, 2.75) is 37.8 Å². The second kappa shape index (κ2) is 5.57. The lowest BCUT2D eigenvalue weighted by molar-refractivity contribution is 0.0908. The molecule has 1 N–H and O–H groups in total. The standard InChI is InChI=1S/C14H23N3O/c1-16(2)12-8-6-11(7-9-12)15-14(18)13-5-4-10-17(13)3/h4-5,10-12H,6-9H2,1-3H3,(H,15,18). The molecule has 1 saturated carbocycles. The number of rotatable bonds is 3. The third-order valence-electron chi connectivity index (χ3n) is 3.94. The average molecular weight is 249 g/mol. The fourth-order valence-electron chi connectivity index (χ4n) is 2.69. The van der Waals surface area contributed by atoms with Crippen molar-refractivity contribution in [3.05, 3.63) is 24.0 Å². The minimum absolute atomic E-state index is 0.0517. The molecule has 1 heterocycles. The van der Waals surface area contributed by atoms with Gasteiger partial charge in [-0.3, -0.25) is 4.79 Å². The molecule has 18 heavy (non-hydrogen) atoms. The second-order valence-corrected chi connectivity index (χ2v) is 5.45. The molecule has 0 spiro atoms. The number of nitrogens with one attached hydrogen (secondary N) is 1. The van der Waals surface area contributed by atoms with Gasteiger partial charge in [-0.1, -0.05) is 0 Å². The van der Waals surface area contributed by atoms with Gasteiger partial charge in [-0.15, -0.1) is 0 Å². The lowest BCUT2D eigenvalue weighted by Gasteiger charge is -2.32. The largest absolute Gasteiger partial charge is 0.348 e. The zero-order chi connectivity index (χ0) is 13.1. The van der Waals surface area contributed by atoms with Crippen molar-refractivity contribution in [2.75, 3.05) is 14.1 Å². The topological polar surface area (TPSA) is 37.3 Å². The minimum Gasteiger partial charge on any atom is -0.348 e. The number of hydrogen-bond donors (Lipinski definition) is 1. The summed E-state index contributed by atoms with van der Waals surface area (Å²) in [5.41, 5.74) is 0.740. The molecule has 1 amide bonds. The van der Waals surface area contributed by atoms with E-state index in [1.165, 1.54) is 12.8 Å². The number of nitrogens with zero attached hydrogens (tertiary/aromatic N) is 2. The number of aromatic nitrogens is 1. The van der Waals surface area contributed by atoms with Crippen molar-refractivity contribution in [1.29, 1.82) is 0 Å². The Hall–Kier alpha value is -1.29. The molecule has 0 unspecified atom stereocenters. The summed E-state index contributed by atoms with van der Waals surface area (Å²) >= 11 is 0. The first-order chi connectivity index (χ1) is 8.58. The van der Waals surface area contributed by atoms with Gasteiger partial charge >= 0.3 is 0 Å². The predicted molar refractivity (Wildman–Crippen MR) is 72.6 cm³/mol. The Labute approximate surface area is 109 Å². The molecule has 0 radical (unpaired) electrons. The molecule has 1 aliphatic rings. The zero-order valence-electron chi connectivity index (χ0n) is 11.5. The molecule has 0 saturated heterocycles. The Morgan fingerprint density at radius 1 is 1.33 bits per heavy atom. The lowest BCUT2D eigenvalue weighted by atomic mass is 9.90. The smallest absolute Gasteiger partial charge is 0.268 e. The van der Waals surface area contributed by atoms with Crippen LogP contribution in [0.3, 0.4) is 0 Å². The van der Waals surface area contributed by atoms with Crippen LogP contribution in [0, 0.1) is 0 Å². The third-order valence-corrected chi connectivity index (χ3v) is 3.94. The van der Waals surface area contributed by atoms with Crippen molar-refractivity contribution in [2.24, 2.45) is 7.05 Å². The molecule has 4 nitrogen and oxygen atoms in total. The van der Waals surface area contributed by atoms with Crippen molar-refractivity contribution in [1.82, 2.24) is 14.8 Å². The molecule has 1 fully saturated rings. The monoisotopic (exact) mass is 249 g/mol. The van der Waals surface area contributed by atoms with Crippen molar-refractivity contribution in [3.8, 4) is 0 Å². The van der Waals surface area contributed by atoms with E-state index >= 15 is 0 Å². The van der Waals surface area contributed by atoms with Crippen LogP contribution in [0.1, 0.15) is 36.2 Å². The molecule has 2 rings (SSSR count). The highest BCUT2D eigenvalue weighted by Gasteiger charge is 2.24. The van der Waals surface area contributed by atoms with E-state index in [0.29, 0.717) is 12.1 Å². The van der Waals surface area contributed by atoms with E-state index in [0.717, 1.165) is 18.5 Å². The SMILES string of the molecule is CN(C)C1CCC(NC(=O)c2cccn2C)CC1. The van der Waals surface area contributed by atoms with Crippen molar-refractivity contribution in [3.63, 3.8) is 0 Å². The van der Waals surface area contributed by atoms with Crippen LogP contribution in [0.25, 0.3) is 0 Å². The Balaban J connectivity index is 1.85. The first-order valence-electron chi connectivity index (χ1n) is 6.66. The Morgan fingerprint density at radius 2 is 2.00 bits per heavy atom. The van der Waals surface area contributed by atoms with Crippen LogP contribution < -0.4 is 5.32 Å². The molecular weight excluding hydrogens is 226 g/mol. The van der Waals surface area contributed by atoms with Crippen molar-refractivity contribution < 1.29 is 4.79 Å². The van der Waals surface area contributed by atoms with Crippen LogP contribution in [0.2, 0.25) is 0 Å². The molecule has 1 aromatic heterocycles. The predicted octanol–water partition coefficient (Wildman–Crippen LogP) is 1.63. The number of amides is 1. The van der Waals surface area contributed by atoms with Gasteiger partial charge in [0.25, 0.3) is 5.91 Å². The quantitative estimate of drug-likeness (QED) is 0.884. The summed E-state index contributed by atoms with van der Waals surface area (Å²) in [6, 6.07) is 4.77. The molecule has 1 aromatic rings. The van der Waals surface area contributed by atoms with Gasteiger partial charge in [0.2, 0.25) is 0 Å². The van der Waals surface area contributed by atoms with Crippen LogP contribution >= 0.6 is 0 Å². The zero-order valence-corrected chi connectivity index (χ0v) is 11.5. The van der Waals surface area contributed by atoms with Crippen LogP contribution in [0.5, 0.6) is 0 Å². The molecule has 100 valence electrons. The fraction of sp³-hybridized carbons (Fsp3) is 0.643. The van der Waals surface area contributed by atoms with Gasteiger partial charge in [-0.05, 0) is 51.9 Å². The van der Waals surface area contributed by atoms with Gasteiger partial charge in [0, 0.05) is 25.3 Å². The summed E-state index contributed by atoms with van der Waals surface area (Å²) < 4.78 is 1.86. The highest BCUT2D eigenvalue weighted by Crippen LogP contribution is 2.21. The average Bonchev–Trinajstić information content (AvgIpc) is 2.76. The first-order valence-corrected chi connectivity index (χ1v) is 6.66. The summed E-state index contributed by atoms with van der Waals surface area (Å²) in [5.74, 6) is 0.0517. The molecule has 0 atom stereocenters. The van der Waals surface area contributed by atoms with Crippen molar-refractivity contribution >= 4 is 5.91 Å². The first kappa shape index (κ1) is 13.1. The van der Waals surface area contributed by atoms with Gasteiger partial charge < -0.3 is 14.8 Å². The van der Waals surface area contributed by atoms with Crippen LogP contribution in [-0.4, -0.2) is 41.6 Å². The second-order valence-electron chi connectivity index (χ2n) is 5.45. The maximum atomic E-state index is 12.1. The Bertz CT molecular complexity index is 403. The van der Waals surface area contributed by atoms with E-state index in [4.69, 9.17) is 0 Å². The van der Waals surface area contributed by atoms with E-state index in [1.54, 1.807) is 0 Å². The highest BCUT2D eigenvalue weighted by molar-refractivity contribution is 5.92. The van der Waals surface area contributed by atoms with E-state index in [2.05, 4.69) is 24.3 Å². The molecule has 0 bridgehead atoms. The molecular formula is C14H23N3O. The highest BCUT2D eigenvalue weighted by atomic mass is 16.2. The van der Waals surface area contributed by atoms with Crippen LogP contribution in [-0.2, 0) is 7.05 Å². The molecule has 0 aromatic carbocycles.